The first-order valence-electron chi connectivity index (χ1n) is 6.78. The van der Waals surface area contributed by atoms with Gasteiger partial charge in [-0.05, 0) is 31.5 Å². The Hall–Kier alpha value is -1.65. The van der Waals surface area contributed by atoms with E-state index in [1.807, 2.05) is 18.2 Å². The first-order valence-corrected chi connectivity index (χ1v) is 7.16. The maximum absolute atomic E-state index is 6.05. The van der Waals surface area contributed by atoms with Crippen LogP contribution >= 0.6 is 11.6 Å². The molecule has 2 heterocycles. The summed E-state index contributed by atoms with van der Waals surface area (Å²) in [5.41, 5.74) is 0. The minimum Gasteiger partial charge on any atom is -0.453 e. The first-order chi connectivity index (χ1) is 9.83. The summed E-state index contributed by atoms with van der Waals surface area (Å²) in [6, 6.07) is 7.36. The topological polar surface area (TPSA) is 47.0 Å². The SMILES string of the molecule is Clc1ccccc1Oc1cnc(C2CCCNC2)nc1. The normalized spacial score (nSPS) is 18.8. The molecule has 104 valence electrons. The summed E-state index contributed by atoms with van der Waals surface area (Å²) in [5, 5.41) is 3.94. The Bertz CT molecular complexity index is 568. The van der Waals surface area contributed by atoms with Crippen molar-refractivity contribution in [2.45, 2.75) is 18.8 Å². The van der Waals surface area contributed by atoms with E-state index >= 15 is 0 Å². The van der Waals surface area contributed by atoms with Gasteiger partial charge in [0.1, 0.15) is 11.6 Å². The number of para-hydroxylation sites is 1. The number of piperidine rings is 1. The van der Waals surface area contributed by atoms with Crippen molar-refractivity contribution < 1.29 is 4.74 Å². The van der Waals surface area contributed by atoms with Gasteiger partial charge in [-0.15, -0.1) is 0 Å². The molecule has 1 N–H and O–H groups in total. The lowest BCUT2D eigenvalue weighted by Crippen LogP contribution is -2.29. The van der Waals surface area contributed by atoms with Gasteiger partial charge in [0.2, 0.25) is 0 Å². The second kappa shape index (κ2) is 6.20. The molecule has 1 aromatic carbocycles. The van der Waals surface area contributed by atoms with Crippen LogP contribution in [0.25, 0.3) is 0 Å². The van der Waals surface area contributed by atoms with Crippen LogP contribution in [-0.4, -0.2) is 23.1 Å². The second-order valence-corrected chi connectivity index (χ2v) is 5.26. The van der Waals surface area contributed by atoms with Crippen LogP contribution in [0.15, 0.2) is 36.7 Å². The Balaban J connectivity index is 1.71. The Kier molecular flexibility index (Phi) is 4.14. The number of rotatable bonds is 3. The predicted octanol–water partition coefficient (Wildman–Crippen LogP) is 3.39. The average Bonchev–Trinajstić information content (AvgIpc) is 2.51. The minimum atomic E-state index is 0.401. The lowest BCUT2D eigenvalue weighted by molar-refractivity contribution is 0.440. The second-order valence-electron chi connectivity index (χ2n) is 4.85. The molecule has 0 bridgehead atoms. The van der Waals surface area contributed by atoms with Gasteiger partial charge in [-0.2, -0.15) is 0 Å². The van der Waals surface area contributed by atoms with E-state index in [0.29, 0.717) is 22.4 Å². The molecule has 1 saturated heterocycles. The van der Waals surface area contributed by atoms with Gasteiger partial charge in [-0.3, -0.25) is 0 Å². The van der Waals surface area contributed by atoms with Gasteiger partial charge in [0.05, 0.1) is 17.4 Å². The molecule has 1 aliphatic heterocycles. The number of halogens is 1. The van der Waals surface area contributed by atoms with Crippen molar-refractivity contribution in [3.63, 3.8) is 0 Å². The minimum absolute atomic E-state index is 0.401. The van der Waals surface area contributed by atoms with Gasteiger partial charge in [0.15, 0.2) is 5.75 Å². The van der Waals surface area contributed by atoms with Crippen LogP contribution in [0.3, 0.4) is 0 Å². The molecule has 5 heteroatoms. The summed E-state index contributed by atoms with van der Waals surface area (Å²) in [7, 11) is 0. The van der Waals surface area contributed by atoms with Crippen LogP contribution in [0.1, 0.15) is 24.6 Å². The fraction of sp³-hybridized carbons (Fsp3) is 0.333. The number of hydrogen-bond donors (Lipinski definition) is 1. The molecule has 2 aromatic rings. The van der Waals surface area contributed by atoms with Gasteiger partial charge >= 0.3 is 0 Å². The highest BCUT2D eigenvalue weighted by molar-refractivity contribution is 6.32. The third-order valence-corrected chi connectivity index (χ3v) is 3.69. The van der Waals surface area contributed by atoms with Crippen LogP contribution in [0.4, 0.5) is 0 Å². The van der Waals surface area contributed by atoms with Crippen molar-refractivity contribution >= 4 is 11.6 Å². The van der Waals surface area contributed by atoms with Gasteiger partial charge in [0, 0.05) is 12.5 Å². The summed E-state index contributed by atoms with van der Waals surface area (Å²) in [4.78, 5) is 8.82. The summed E-state index contributed by atoms with van der Waals surface area (Å²) >= 11 is 6.05. The quantitative estimate of drug-likeness (QED) is 0.941. The standard InChI is InChI=1S/C15H16ClN3O/c16-13-5-1-2-6-14(13)20-12-9-18-15(19-10-12)11-4-3-7-17-8-11/h1-2,5-6,9-11,17H,3-4,7-8H2. The van der Waals surface area contributed by atoms with Crippen molar-refractivity contribution in [1.29, 1.82) is 0 Å². The van der Waals surface area contributed by atoms with E-state index in [9.17, 15) is 0 Å². The van der Waals surface area contributed by atoms with Crippen LogP contribution in [-0.2, 0) is 0 Å². The number of nitrogens with one attached hydrogen (secondary N) is 1. The third-order valence-electron chi connectivity index (χ3n) is 3.37. The summed E-state index contributed by atoms with van der Waals surface area (Å²) < 4.78 is 5.68. The molecule has 0 saturated carbocycles. The van der Waals surface area contributed by atoms with E-state index in [1.165, 1.54) is 6.42 Å². The molecule has 1 atom stereocenters. The molecule has 0 amide bonds. The van der Waals surface area contributed by atoms with Crippen LogP contribution in [0, 0.1) is 0 Å². The highest BCUT2D eigenvalue weighted by Gasteiger charge is 2.17. The fourth-order valence-electron chi connectivity index (χ4n) is 2.32. The van der Waals surface area contributed by atoms with Crippen molar-refractivity contribution in [3.8, 4) is 11.5 Å². The maximum atomic E-state index is 6.05. The number of aromatic nitrogens is 2. The zero-order chi connectivity index (χ0) is 13.8. The maximum Gasteiger partial charge on any atom is 0.164 e. The van der Waals surface area contributed by atoms with E-state index in [1.54, 1.807) is 18.5 Å². The Morgan fingerprint density at radius 2 is 2.00 bits per heavy atom. The van der Waals surface area contributed by atoms with Crippen LogP contribution in [0.5, 0.6) is 11.5 Å². The first kappa shape index (κ1) is 13.3. The Morgan fingerprint density at radius 3 is 2.70 bits per heavy atom. The van der Waals surface area contributed by atoms with E-state index < -0.39 is 0 Å². The van der Waals surface area contributed by atoms with E-state index in [2.05, 4.69) is 15.3 Å². The lowest BCUT2D eigenvalue weighted by atomic mass is 9.99. The van der Waals surface area contributed by atoms with Crippen LogP contribution < -0.4 is 10.1 Å². The number of ether oxygens (including phenoxy) is 1. The average molecular weight is 290 g/mol. The molecule has 1 fully saturated rings. The summed E-state index contributed by atoms with van der Waals surface area (Å²) in [6.07, 6.45) is 5.73. The molecular formula is C15H16ClN3O. The van der Waals surface area contributed by atoms with E-state index in [-0.39, 0.29) is 0 Å². The van der Waals surface area contributed by atoms with Crippen molar-refractivity contribution in [1.82, 2.24) is 15.3 Å². The highest BCUT2D eigenvalue weighted by atomic mass is 35.5. The predicted molar refractivity (Wildman–Crippen MR) is 78.4 cm³/mol. The van der Waals surface area contributed by atoms with E-state index in [4.69, 9.17) is 16.3 Å². The monoisotopic (exact) mass is 289 g/mol. The molecule has 0 radical (unpaired) electrons. The van der Waals surface area contributed by atoms with Gasteiger partial charge in [-0.1, -0.05) is 23.7 Å². The largest absolute Gasteiger partial charge is 0.453 e. The summed E-state index contributed by atoms with van der Waals surface area (Å²) in [5.74, 6) is 2.50. The zero-order valence-electron chi connectivity index (χ0n) is 11.1. The molecule has 20 heavy (non-hydrogen) atoms. The molecular weight excluding hydrogens is 274 g/mol. The smallest absolute Gasteiger partial charge is 0.164 e. The Morgan fingerprint density at radius 1 is 1.20 bits per heavy atom. The van der Waals surface area contributed by atoms with Crippen molar-refractivity contribution in [2.75, 3.05) is 13.1 Å². The number of benzene rings is 1. The van der Waals surface area contributed by atoms with Gasteiger partial charge < -0.3 is 10.1 Å². The highest BCUT2D eigenvalue weighted by Crippen LogP contribution is 2.28. The fourth-order valence-corrected chi connectivity index (χ4v) is 2.49. The lowest BCUT2D eigenvalue weighted by Gasteiger charge is -2.21. The van der Waals surface area contributed by atoms with Crippen molar-refractivity contribution in [3.05, 3.63) is 47.5 Å². The van der Waals surface area contributed by atoms with Crippen molar-refractivity contribution in [2.24, 2.45) is 0 Å². The molecule has 0 aliphatic carbocycles. The van der Waals surface area contributed by atoms with E-state index in [0.717, 1.165) is 25.3 Å². The summed E-state index contributed by atoms with van der Waals surface area (Å²) in [6.45, 7) is 2.04. The molecule has 0 spiro atoms. The number of nitrogens with zero attached hydrogens (tertiary/aromatic N) is 2. The number of hydrogen-bond acceptors (Lipinski definition) is 4. The Labute approximate surface area is 123 Å². The van der Waals surface area contributed by atoms with Gasteiger partial charge in [0.25, 0.3) is 0 Å². The molecule has 3 rings (SSSR count). The molecule has 1 unspecified atom stereocenters. The third kappa shape index (κ3) is 3.08. The molecule has 1 aliphatic rings. The molecule has 1 aromatic heterocycles. The van der Waals surface area contributed by atoms with Crippen LogP contribution in [0.2, 0.25) is 5.02 Å². The van der Waals surface area contributed by atoms with Gasteiger partial charge in [-0.25, -0.2) is 9.97 Å². The zero-order valence-corrected chi connectivity index (χ0v) is 11.8. The molecule has 4 nitrogen and oxygen atoms in total.